The van der Waals surface area contributed by atoms with Gasteiger partial charge in [0.2, 0.25) is 5.95 Å². The molecular weight excluding hydrogens is 298 g/mol. The fraction of sp³-hybridized carbons (Fsp3) is 0.0769. The Morgan fingerprint density at radius 3 is 2.96 bits per heavy atom. The second-order valence-corrected chi connectivity index (χ2v) is 4.81. The summed E-state index contributed by atoms with van der Waals surface area (Å²) in [5, 5.41) is 18.4. The molecule has 0 unspecified atom stereocenters. The SMILES string of the molecule is Cn1cc(C(=O)Nc2nc3cc(-n4cccn4)ccn3n2)nn1. The molecule has 0 aliphatic heterocycles. The molecule has 10 nitrogen and oxygen atoms in total. The average molecular weight is 309 g/mol. The van der Waals surface area contributed by atoms with E-state index in [-0.39, 0.29) is 11.6 Å². The van der Waals surface area contributed by atoms with Gasteiger partial charge in [0.1, 0.15) is 0 Å². The van der Waals surface area contributed by atoms with Crippen LogP contribution in [0.15, 0.2) is 43.0 Å². The van der Waals surface area contributed by atoms with Crippen molar-refractivity contribution in [1.82, 2.24) is 39.4 Å². The molecule has 4 aromatic heterocycles. The Labute approximate surface area is 129 Å². The molecule has 4 aromatic rings. The second kappa shape index (κ2) is 5.02. The molecule has 0 bridgehead atoms. The van der Waals surface area contributed by atoms with Gasteiger partial charge < -0.3 is 0 Å². The van der Waals surface area contributed by atoms with Gasteiger partial charge in [0.25, 0.3) is 5.91 Å². The number of anilines is 1. The number of amides is 1. The molecule has 23 heavy (non-hydrogen) atoms. The molecule has 0 spiro atoms. The zero-order valence-electron chi connectivity index (χ0n) is 12.0. The lowest BCUT2D eigenvalue weighted by Gasteiger charge is -2.00. The first-order valence-corrected chi connectivity index (χ1v) is 6.73. The second-order valence-electron chi connectivity index (χ2n) is 4.81. The number of hydrogen-bond acceptors (Lipinski definition) is 6. The van der Waals surface area contributed by atoms with Gasteiger partial charge in [-0.25, -0.2) is 9.20 Å². The number of nitrogens with zero attached hydrogens (tertiary/aromatic N) is 8. The summed E-state index contributed by atoms with van der Waals surface area (Å²) < 4.78 is 4.73. The first-order valence-electron chi connectivity index (χ1n) is 6.73. The van der Waals surface area contributed by atoms with Crippen LogP contribution in [0.25, 0.3) is 11.3 Å². The maximum absolute atomic E-state index is 12.0. The van der Waals surface area contributed by atoms with Crippen LogP contribution in [0.5, 0.6) is 0 Å². The molecule has 0 saturated heterocycles. The summed E-state index contributed by atoms with van der Waals surface area (Å²) in [6.07, 6.45) is 6.79. The van der Waals surface area contributed by atoms with Gasteiger partial charge in [-0.3, -0.25) is 14.8 Å². The average Bonchev–Trinajstić information content (AvgIpc) is 3.26. The van der Waals surface area contributed by atoms with Crippen LogP contribution in [0.2, 0.25) is 0 Å². The lowest BCUT2D eigenvalue weighted by atomic mass is 10.4. The number of aromatic nitrogens is 8. The summed E-state index contributed by atoms with van der Waals surface area (Å²) in [6.45, 7) is 0. The predicted octanol–water partition coefficient (Wildman–Crippen LogP) is 0.296. The summed E-state index contributed by atoms with van der Waals surface area (Å²) >= 11 is 0. The maximum atomic E-state index is 12.0. The van der Waals surface area contributed by atoms with E-state index in [4.69, 9.17) is 0 Å². The molecular formula is C13H11N9O. The van der Waals surface area contributed by atoms with E-state index < -0.39 is 5.91 Å². The predicted molar refractivity (Wildman–Crippen MR) is 79.1 cm³/mol. The van der Waals surface area contributed by atoms with E-state index in [2.05, 4.69) is 30.8 Å². The Bertz CT molecular complexity index is 982. The van der Waals surface area contributed by atoms with E-state index in [1.165, 1.54) is 10.9 Å². The van der Waals surface area contributed by atoms with E-state index >= 15 is 0 Å². The summed E-state index contributed by atoms with van der Waals surface area (Å²) in [7, 11) is 1.68. The zero-order chi connectivity index (χ0) is 15.8. The van der Waals surface area contributed by atoms with Gasteiger partial charge in [-0.15, -0.1) is 10.2 Å². The summed E-state index contributed by atoms with van der Waals surface area (Å²) in [5.41, 5.74) is 1.64. The number of carbonyl (C=O) groups excluding carboxylic acids is 1. The molecule has 1 N–H and O–H groups in total. The van der Waals surface area contributed by atoms with Crippen LogP contribution in [0.3, 0.4) is 0 Å². The maximum Gasteiger partial charge on any atom is 0.280 e. The molecule has 0 saturated carbocycles. The third-order valence-electron chi connectivity index (χ3n) is 3.15. The van der Waals surface area contributed by atoms with E-state index in [1.54, 1.807) is 28.6 Å². The molecule has 0 atom stereocenters. The minimum Gasteiger partial charge on any atom is -0.288 e. The first kappa shape index (κ1) is 13.1. The van der Waals surface area contributed by atoms with Crippen molar-refractivity contribution < 1.29 is 4.79 Å². The van der Waals surface area contributed by atoms with E-state index in [0.717, 1.165) is 5.69 Å². The number of aryl methyl sites for hydroxylation is 1. The van der Waals surface area contributed by atoms with Crippen molar-refractivity contribution in [3.05, 3.63) is 48.7 Å². The van der Waals surface area contributed by atoms with Crippen LogP contribution in [0.4, 0.5) is 5.95 Å². The minimum atomic E-state index is -0.415. The van der Waals surface area contributed by atoms with Crippen molar-refractivity contribution in [2.24, 2.45) is 7.05 Å². The molecule has 0 radical (unpaired) electrons. The zero-order valence-corrected chi connectivity index (χ0v) is 12.0. The van der Waals surface area contributed by atoms with Gasteiger partial charge in [0.15, 0.2) is 11.3 Å². The molecule has 114 valence electrons. The van der Waals surface area contributed by atoms with Crippen molar-refractivity contribution >= 4 is 17.5 Å². The third-order valence-corrected chi connectivity index (χ3v) is 3.15. The molecule has 0 fully saturated rings. The summed E-state index contributed by atoms with van der Waals surface area (Å²) in [5.74, 6) is -0.223. The molecule has 0 aliphatic carbocycles. The van der Waals surface area contributed by atoms with Gasteiger partial charge in [0.05, 0.1) is 11.9 Å². The summed E-state index contributed by atoms with van der Waals surface area (Å²) in [4.78, 5) is 16.3. The molecule has 1 amide bonds. The van der Waals surface area contributed by atoms with Gasteiger partial charge >= 0.3 is 0 Å². The van der Waals surface area contributed by atoms with Crippen LogP contribution in [-0.4, -0.2) is 45.3 Å². The topological polar surface area (TPSA) is 108 Å². The van der Waals surface area contributed by atoms with Crippen molar-refractivity contribution in [2.75, 3.05) is 5.32 Å². The Kier molecular flexibility index (Phi) is 2.86. The van der Waals surface area contributed by atoms with E-state index in [9.17, 15) is 4.79 Å². The Hall–Kier alpha value is -3.56. The van der Waals surface area contributed by atoms with Crippen LogP contribution in [0.1, 0.15) is 10.5 Å². The first-order chi connectivity index (χ1) is 11.2. The number of rotatable bonds is 3. The molecule has 10 heteroatoms. The summed E-state index contributed by atoms with van der Waals surface area (Å²) in [6, 6.07) is 5.50. The van der Waals surface area contributed by atoms with Crippen molar-refractivity contribution in [3.63, 3.8) is 0 Å². The Morgan fingerprint density at radius 1 is 1.30 bits per heavy atom. The number of fused-ring (bicyclic) bond motifs is 1. The van der Waals surface area contributed by atoms with Crippen molar-refractivity contribution in [3.8, 4) is 5.69 Å². The highest BCUT2D eigenvalue weighted by atomic mass is 16.2. The van der Waals surface area contributed by atoms with Gasteiger partial charge in [-0.2, -0.15) is 10.1 Å². The molecule has 0 aromatic carbocycles. The minimum absolute atomic E-state index is 0.193. The van der Waals surface area contributed by atoms with Crippen molar-refractivity contribution in [2.45, 2.75) is 0 Å². The van der Waals surface area contributed by atoms with Crippen molar-refractivity contribution in [1.29, 1.82) is 0 Å². The quantitative estimate of drug-likeness (QED) is 0.583. The third kappa shape index (κ3) is 2.41. The number of nitrogens with one attached hydrogen (secondary N) is 1. The smallest absolute Gasteiger partial charge is 0.280 e. The Morgan fingerprint density at radius 2 is 2.22 bits per heavy atom. The largest absolute Gasteiger partial charge is 0.288 e. The lowest BCUT2D eigenvalue weighted by molar-refractivity contribution is 0.102. The molecule has 4 rings (SSSR count). The highest BCUT2D eigenvalue weighted by molar-refractivity contribution is 6.01. The lowest BCUT2D eigenvalue weighted by Crippen LogP contribution is -2.13. The highest BCUT2D eigenvalue weighted by Gasteiger charge is 2.13. The van der Waals surface area contributed by atoms with Gasteiger partial charge in [-0.05, 0) is 12.1 Å². The number of hydrogen-bond donors (Lipinski definition) is 1. The fourth-order valence-corrected chi connectivity index (χ4v) is 2.10. The fourth-order valence-electron chi connectivity index (χ4n) is 2.10. The van der Waals surface area contributed by atoms with E-state index in [0.29, 0.717) is 5.65 Å². The van der Waals surface area contributed by atoms with Crippen LogP contribution in [0, 0.1) is 0 Å². The van der Waals surface area contributed by atoms with Crippen LogP contribution in [-0.2, 0) is 7.05 Å². The standard InChI is InChI=1S/C13H11N9O/c1-20-8-10(17-19-20)12(23)16-13-15-11-7-9(3-6-22(11)18-13)21-5-2-4-14-21/h2-8H,1H3,(H,16,18,23). The molecule has 0 aliphatic rings. The van der Waals surface area contributed by atoms with E-state index in [1.807, 2.05) is 24.4 Å². The Balaban J connectivity index is 1.62. The van der Waals surface area contributed by atoms with Crippen LogP contribution < -0.4 is 5.32 Å². The number of pyridine rings is 1. The monoisotopic (exact) mass is 309 g/mol. The normalized spacial score (nSPS) is 11.0. The van der Waals surface area contributed by atoms with Crippen LogP contribution >= 0.6 is 0 Å². The number of carbonyl (C=O) groups is 1. The van der Waals surface area contributed by atoms with Gasteiger partial charge in [-0.1, -0.05) is 5.21 Å². The highest BCUT2D eigenvalue weighted by Crippen LogP contribution is 2.12. The molecule has 4 heterocycles. The van der Waals surface area contributed by atoms with Gasteiger partial charge in [0, 0.05) is 31.7 Å².